The first kappa shape index (κ1) is 11.7. The average Bonchev–Trinajstić information content (AvgIpc) is 2.30. The Balaban J connectivity index is 2.21. The van der Waals surface area contributed by atoms with Crippen molar-refractivity contribution in [3.63, 3.8) is 0 Å². The van der Waals surface area contributed by atoms with Crippen LogP contribution in [-0.4, -0.2) is 5.91 Å². The Hall–Kier alpha value is -1.81. The van der Waals surface area contributed by atoms with Gasteiger partial charge in [0.15, 0.2) is 0 Å². The van der Waals surface area contributed by atoms with Gasteiger partial charge >= 0.3 is 0 Å². The summed E-state index contributed by atoms with van der Waals surface area (Å²) in [5.41, 5.74) is 7.46. The number of anilines is 2. The van der Waals surface area contributed by atoms with E-state index >= 15 is 0 Å². The van der Waals surface area contributed by atoms with Crippen molar-refractivity contribution < 1.29 is 4.79 Å². The molecule has 0 unspecified atom stereocenters. The standard InChI is InChI=1S/C13H11BrN2O/c14-9-6-7-11(12(15)8-9)13(17)16-10-4-2-1-3-5-10/h1-8H,15H2,(H,16,17). The fourth-order valence-corrected chi connectivity index (χ4v) is 1.84. The highest BCUT2D eigenvalue weighted by Crippen LogP contribution is 2.19. The van der Waals surface area contributed by atoms with Crippen LogP contribution < -0.4 is 11.1 Å². The molecule has 0 aliphatic carbocycles. The summed E-state index contributed by atoms with van der Waals surface area (Å²) >= 11 is 3.30. The van der Waals surface area contributed by atoms with Crippen LogP contribution in [0.25, 0.3) is 0 Å². The summed E-state index contributed by atoms with van der Waals surface area (Å²) in [5.74, 6) is -0.207. The van der Waals surface area contributed by atoms with Crippen molar-refractivity contribution >= 4 is 33.2 Å². The number of halogens is 1. The molecule has 0 saturated carbocycles. The smallest absolute Gasteiger partial charge is 0.257 e. The lowest BCUT2D eigenvalue weighted by atomic mass is 10.1. The molecule has 2 aromatic rings. The van der Waals surface area contributed by atoms with Crippen LogP contribution in [0.5, 0.6) is 0 Å². The summed E-state index contributed by atoms with van der Waals surface area (Å²) in [4.78, 5) is 11.9. The summed E-state index contributed by atoms with van der Waals surface area (Å²) in [5, 5.41) is 2.78. The van der Waals surface area contributed by atoms with Crippen molar-refractivity contribution in [2.24, 2.45) is 0 Å². The third kappa shape index (κ3) is 2.85. The molecule has 0 saturated heterocycles. The third-order valence-corrected chi connectivity index (χ3v) is 2.78. The number of carbonyl (C=O) groups excluding carboxylic acids is 1. The van der Waals surface area contributed by atoms with Gasteiger partial charge in [-0.15, -0.1) is 0 Å². The quantitative estimate of drug-likeness (QED) is 0.834. The molecule has 3 nitrogen and oxygen atoms in total. The Kier molecular flexibility index (Phi) is 3.44. The minimum Gasteiger partial charge on any atom is -0.398 e. The topological polar surface area (TPSA) is 55.1 Å². The zero-order valence-electron chi connectivity index (χ0n) is 8.98. The summed E-state index contributed by atoms with van der Waals surface area (Å²) in [7, 11) is 0. The molecule has 3 N–H and O–H groups in total. The van der Waals surface area contributed by atoms with E-state index in [4.69, 9.17) is 5.73 Å². The largest absolute Gasteiger partial charge is 0.398 e. The molecule has 4 heteroatoms. The molecule has 2 aromatic carbocycles. The van der Waals surface area contributed by atoms with E-state index in [0.717, 1.165) is 10.2 Å². The Morgan fingerprint density at radius 2 is 1.82 bits per heavy atom. The summed E-state index contributed by atoms with van der Waals surface area (Å²) in [6.45, 7) is 0. The maximum atomic E-state index is 11.9. The van der Waals surface area contributed by atoms with Crippen LogP contribution in [0.4, 0.5) is 11.4 Å². The van der Waals surface area contributed by atoms with Crippen LogP contribution in [-0.2, 0) is 0 Å². The third-order valence-electron chi connectivity index (χ3n) is 2.29. The van der Waals surface area contributed by atoms with E-state index in [1.165, 1.54) is 0 Å². The van der Waals surface area contributed by atoms with E-state index in [1.54, 1.807) is 18.2 Å². The highest BCUT2D eigenvalue weighted by Gasteiger charge is 2.09. The number of nitrogens with one attached hydrogen (secondary N) is 1. The van der Waals surface area contributed by atoms with Gasteiger partial charge in [0, 0.05) is 15.8 Å². The van der Waals surface area contributed by atoms with E-state index in [9.17, 15) is 4.79 Å². The SMILES string of the molecule is Nc1cc(Br)ccc1C(=O)Nc1ccccc1. The van der Waals surface area contributed by atoms with Gasteiger partial charge in [-0.2, -0.15) is 0 Å². The maximum Gasteiger partial charge on any atom is 0.257 e. The van der Waals surface area contributed by atoms with Crippen molar-refractivity contribution in [2.45, 2.75) is 0 Å². The van der Waals surface area contributed by atoms with Crippen molar-refractivity contribution in [3.8, 4) is 0 Å². The van der Waals surface area contributed by atoms with Crippen LogP contribution in [0.15, 0.2) is 53.0 Å². The lowest BCUT2D eigenvalue weighted by Crippen LogP contribution is -2.13. The summed E-state index contributed by atoms with van der Waals surface area (Å²) < 4.78 is 0.853. The van der Waals surface area contributed by atoms with Gasteiger partial charge in [0.25, 0.3) is 5.91 Å². The van der Waals surface area contributed by atoms with Gasteiger partial charge in [0.05, 0.1) is 5.56 Å². The molecule has 17 heavy (non-hydrogen) atoms. The van der Waals surface area contributed by atoms with Crippen molar-refractivity contribution in [3.05, 3.63) is 58.6 Å². The zero-order chi connectivity index (χ0) is 12.3. The fourth-order valence-electron chi connectivity index (χ4n) is 1.46. The van der Waals surface area contributed by atoms with Gasteiger partial charge < -0.3 is 11.1 Å². The Morgan fingerprint density at radius 1 is 1.12 bits per heavy atom. The van der Waals surface area contributed by atoms with Gasteiger partial charge in [-0.3, -0.25) is 4.79 Å². The van der Waals surface area contributed by atoms with Crippen LogP contribution in [0.2, 0.25) is 0 Å². The van der Waals surface area contributed by atoms with Crippen molar-refractivity contribution in [1.29, 1.82) is 0 Å². The molecule has 0 aliphatic heterocycles. The molecule has 1 amide bonds. The molecule has 0 atom stereocenters. The number of carbonyl (C=O) groups is 1. The van der Waals surface area contributed by atoms with E-state index in [-0.39, 0.29) is 5.91 Å². The minimum atomic E-state index is -0.207. The zero-order valence-corrected chi connectivity index (χ0v) is 10.6. The van der Waals surface area contributed by atoms with Crippen LogP contribution >= 0.6 is 15.9 Å². The second-order valence-corrected chi connectivity index (χ2v) is 4.47. The van der Waals surface area contributed by atoms with Gasteiger partial charge in [0.2, 0.25) is 0 Å². The number of nitrogens with two attached hydrogens (primary N) is 1. The van der Waals surface area contributed by atoms with Crippen LogP contribution in [0, 0.1) is 0 Å². The first-order valence-corrected chi connectivity index (χ1v) is 5.87. The molecule has 86 valence electrons. The second kappa shape index (κ2) is 5.01. The highest BCUT2D eigenvalue weighted by molar-refractivity contribution is 9.10. The molecule has 2 rings (SSSR count). The van der Waals surface area contributed by atoms with E-state index in [1.807, 2.05) is 30.3 Å². The number of hydrogen-bond acceptors (Lipinski definition) is 2. The van der Waals surface area contributed by atoms with Gasteiger partial charge in [-0.05, 0) is 30.3 Å². The van der Waals surface area contributed by atoms with E-state index < -0.39 is 0 Å². The van der Waals surface area contributed by atoms with E-state index in [0.29, 0.717) is 11.3 Å². The van der Waals surface area contributed by atoms with Crippen molar-refractivity contribution in [2.75, 3.05) is 11.1 Å². The summed E-state index contributed by atoms with van der Waals surface area (Å²) in [6, 6.07) is 14.5. The molecule has 0 bridgehead atoms. The first-order valence-electron chi connectivity index (χ1n) is 5.08. The lowest BCUT2D eigenvalue weighted by Gasteiger charge is -2.07. The minimum absolute atomic E-state index is 0.207. The average molecular weight is 291 g/mol. The van der Waals surface area contributed by atoms with Crippen LogP contribution in [0.1, 0.15) is 10.4 Å². The first-order chi connectivity index (χ1) is 8.16. The van der Waals surface area contributed by atoms with Gasteiger partial charge in [0.1, 0.15) is 0 Å². The fraction of sp³-hybridized carbons (Fsp3) is 0. The van der Waals surface area contributed by atoms with Crippen molar-refractivity contribution in [1.82, 2.24) is 0 Å². The Morgan fingerprint density at radius 3 is 2.47 bits per heavy atom. The summed E-state index contributed by atoms with van der Waals surface area (Å²) in [6.07, 6.45) is 0. The number of nitrogen functional groups attached to an aromatic ring is 1. The number of hydrogen-bond donors (Lipinski definition) is 2. The Labute approximate surface area is 108 Å². The number of para-hydroxylation sites is 1. The lowest BCUT2D eigenvalue weighted by molar-refractivity contribution is 0.102. The predicted molar refractivity (Wildman–Crippen MR) is 72.9 cm³/mol. The highest BCUT2D eigenvalue weighted by atomic mass is 79.9. The van der Waals surface area contributed by atoms with Gasteiger partial charge in [-0.1, -0.05) is 34.1 Å². The second-order valence-electron chi connectivity index (χ2n) is 3.55. The van der Waals surface area contributed by atoms with Gasteiger partial charge in [-0.25, -0.2) is 0 Å². The molecule has 0 aliphatic rings. The number of benzene rings is 2. The van der Waals surface area contributed by atoms with E-state index in [2.05, 4.69) is 21.2 Å². The number of amides is 1. The maximum absolute atomic E-state index is 11.9. The molecule has 0 aromatic heterocycles. The molecule has 0 fully saturated rings. The predicted octanol–water partition coefficient (Wildman–Crippen LogP) is 3.28. The molecule has 0 radical (unpaired) electrons. The Bertz CT molecular complexity index is 540. The number of rotatable bonds is 2. The molecule has 0 spiro atoms. The molecule has 0 heterocycles. The monoisotopic (exact) mass is 290 g/mol. The molecular formula is C13H11BrN2O. The van der Waals surface area contributed by atoms with Crippen LogP contribution in [0.3, 0.4) is 0 Å². The normalized spacial score (nSPS) is 9.94. The molecular weight excluding hydrogens is 280 g/mol.